The van der Waals surface area contributed by atoms with E-state index in [0.717, 1.165) is 29.8 Å². The largest absolute Gasteiger partial charge is 0.416 e. The van der Waals surface area contributed by atoms with Crippen LogP contribution in [0.5, 0.6) is 0 Å². The van der Waals surface area contributed by atoms with Gasteiger partial charge in [-0.1, -0.05) is 29.8 Å². The van der Waals surface area contributed by atoms with Crippen molar-refractivity contribution < 1.29 is 31.5 Å². The van der Waals surface area contributed by atoms with Crippen LogP contribution in [0.1, 0.15) is 29.2 Å². The normalized spacial score (nSPS) is 13.1. The van der Waals surface area contributed by atoms with Crippen molar-refractivity contribution in [2.75, 3.05) is 13.1 Å². The van der Waals surface area contributed by atoms with Gasteiger partial charge in [-0.25, -0.2) is 13.1 Å². The SMILES string of the molecule is Cc1ccc(S(=O)(=O)NCCCNC(=O)C(O)c2ccc(C(F)(F)F)cc2)cc1. The van der Waals surface area contributed by atoms with Gasteiger partial charge in [0.25, 0.3) is 5.91 Å². The number of benzene rings is 2. The first-order chi connectivity index (χ1) is 13.5. The van der Waals surface area contributed by atoms with Crippen molar-refractivity contribution in [1.29, 1.82) is 0 Å². The molecule has 29 heavy (non-hydrogen) atoms. The number of aryl methyl sites for hydroxylation is 1. The summed E-state index contributed by atoms with van der Waals surface area (Å²) in [7, 11) is -3.66. The molecular formula is C19H21F3N2O4S. The zero-order valence-corrected chi connectivity index (χ0v) is 16.3. The van der Waals surface area contributed by atoms with Crippen LogP contribution in [0.2, 0.25) is 0 Å². The number of carbonyl (C=O) groups is 1. The highest BCUT2D eigenvalue weighted by Crippen LogP contribution is 2.29. The van der Waals surface area contributed by atoms with E-state index in [1.807, 2.05) is 6.92 Å². The lowest BCUT2D eigenvalue weighted by molar-refractivity contribution is -0.137. The quantitative estimate of drug-likeness (QED) is 0.561. The summed E-state index contributed by atoms with van der Waals surface area (Å²) in [6, 6.07) is 9.96. The minimum Gasteiger partial charge on any atom is -0.378 e. The molecule has 0 spiro atoms. The Kier molecular flexibility index (Phi) is 7.39. The van der Waals surface area contributed by atoms with Crippen LogP contribution in [0.4, 0.5) is 13.2 Å². The minimum absolute atomic E-state index is 0.0237. The molecule has 2 aromatic rings. The van der Waals surface area contributed by atoms with Crippen LogP contribution in [0.15, 0.2) is 53.4 Å². The molecule has 0 radical (unpaired) electrons. The van der Waals surface area contributed by atoms with Crippen molar-refractivity contribution in [3.05, 3.63) is 65.2 Å². The lowest BCUT2D eigenvalue weighted by Gasteiger charge is -2.13. The number of carbonyl (C=O) groups excluding carboxylic acids is 1. The van der Waals surface area contributed by atoms with Gasteiger partial charge in [0, 0.05) is 13.1 Å². The predicted octanol–water partition coefficient (Wildman–Crippen LogP) is 2.53. The van der Waals surface area contributed by atoms with Gasteiger partial charge in [0.15, 0.2) is 6.10 Å². The summed E-state index contributed by atoms with van der Waals surface area (Å²) in [5, 5.41) is 12.3. The summed E-state index contributed by atoms with van der Waals surface area (Å²) in [5.41, 5.74) is 0.0727. The summed E-state index contributed by atoms with van der Waals surface area (Å²) in [5.74, 6) is -0.786. The first kappa shape index (κ1) is 22.9. The summed E-state index contributed by atoms with van der Waals surface area (Å²) in [4.78, 5) is 12.0. The number of aliphatic hydroxyl groups is 1. The van der Waals surface area contributed by atoms with E-state index in [1.54, 1.807) is 12.1 Å². The zero-order valence-electron chi connectivity index (χ0n) is 15.5. The number of alkyl halides is 3. The van der Waals surface area contributed by atoms with Gasteiger partial charge in [-0.3, -0.25) is 4.79 Å². The fourth-order valence-corrected chi connectivity index (χ4v) is 3.48. The van der Waals surface area contributed by atoms with E-state index in [1.165, 1.54) is 12.1 Å². The fourth-order valence-electron chi connectivity index (χ4n) is 2.41. The number of nitrogens with one attached hydrogen (secondary N) is 2. The van der Waals surface area contributed by atoms with Crippen molar-refractivity contribution in [2.45, 2.75) is 30.5 Å². The monoisotopic (exact) mass is 430 g/mol. The van der Waals surface area contributed by atoms with Gasteiger partial charge in [0.2, 0.25) is 10.0 Å². The summed E-state index contributed by atoms with van der Waals surface area (Å²) in [6.07, 6.45) is -5.87. The van der Waals surface area contributed by atoms with Crippen LogP contribution in [0.3, 0.4) is 0 Å². The molecule has 0 aliphatic carbocycles. The minimum atomic E-state index is -4.50. The molecule has 0 aliphatic heterocycles. The second-order valence-corrected chi connectivity index (χ2v) is 8.14. The molecule has 1 atom stereocenters. The molecule has 0 heterocycles. The lowest BCUT2D eigenvalue weighted by atomic mass is 10.1. The molecular weight excluding hydrogens is 409 g/mol. The molecule has 0 saturated heterocycles. The Balaban J connectivity index is 1.78. The highest BCUT2D eigenvalue weighted by molar-refractivity contribution is 7.89. The number of hydrogen-bond acceptors (Lipinski definition) is 4. The van der Waals surface area contributed by atoms with Crippen molar-refractivity contribution in [3.63, 3.8) is 0 Å². The topological polar surface area (TPSA) is 95.5 Å². The fraction of sp³-hybridized carbons (Fsp3) is 0.316. The Hall–Kier alpha value is -2.43. The van der Waals surface area contributed by atoms with E-state index in [9.17, 15) is 31.5 Å². The van der Waals surface area contributed by atoms with Crippen LogP contribution >= 0.6 is 0 Å². The van der Waals surface area contributed by atoms with Crippen LogP contribution in [0, 0.1) is 6.92 Å². The Labute approximate surface area is 166 Å². The standard InChI is InChI=1S/C19H21F3N2O4S/c1-13-3-9-16(10-4-13)29(27,28)24-12-2-11-23-18(26)17(25)14-5-7-15(8-6-14)19(20,21)22/h3-10,17,24-25H,2,11-12H2,1H3,(H,23,26). The van der Waals surface area contributed by atoms with Gasteiger partial charge in [0.1, 0.15) is 0 Å². The molecule has 1 amide bonds. The van der Waals surface area contributed by atoms with Gasteiger partial charge >= 0.3 is 6.18 Å². The van der Waals surface area contributed by atoms with E-state index >= 15 is 0 Å². The van der Waals surface area contributed by atoms with Gasteiger partial charge in [-0.05, 0) is 43.2 Å². The molecule has 2 rings (SSSR count). The lowest BCUT2D eigenvalue weighted by Crippen LogP contribution is -2.32. The second kappa shape index (κ2) is 9.38. The van der Waals surface area contributed by atoms with E-state index in [4.69, 9.17) is 0 Å². The third kappa shape index (κ3) is 6.55. The maximum Gasteiger partial charge on any atom is 0.416 e. The number of sulfonamides is 1. The number of halogens is 3. The van der Waals surface area contributed by atoms with Crippen LogP contribution in [-0.4, -0.2) is 32.5 Å². The van der Waals surface area contributed by atoms with E-state index in [2.05, 4.69) is 10.0 Å². The molecule has 0 bridgehead atoms. The molecule has 1 unspecified atom stereocenters. The Morgan fingerprint density at radius 2 is 1.62 bits per heavy atom. The highest BCUT2D eigenvalue weighted by Gasteiger charge is 2.30. The molecule has 0 fully saturated rings. The Morgan fingerprint density at radius 3 is 2.17 bits per heavy atom. The Bertz CT molecular complexity index is 927. The van der Waals surface area contributed by atoms with Gasteiger partial charge in [-0.15, -0.1) is 0 Å². The third-order valence-electron chi connectivity index (χ3n) is 4.08. The molecule has 2 aromatic carbocycles. The molecule has 158 valence electrons. The summed E-state index contributed by atoms with van der Waals surface area (Å²) < 4.78 is 64.2. The van der Waals surface area contributed by atoms with Crippen LogP contribution in [-0.2, 0) is 21.0 Å². The maximum atomic E-state index is 12.5. The number of amides is 1. The molecule has 0 aliphatic rings. The van der Waals surface area contributed by atoms with Crippen molar-refractivity contribution in [3.8, 4) is 0 Å². The van der Waals surface area contributed by atoms with E-state index in [-0.39, 0.29) is 30.0 Å². The van der Waals surface area contributed by atoms with Gasteiger partial charge in [-0.2, -0.15) is 13.2 Å². The Morgan fingerprint density at radius 1 is 1.03 bits per heavy atom. The number of rotatable bonds is 8. The van der Waals surface area contributed by atoms with Crippen molar-refractivity contribution in [1.82, 2.24) is 10.0 Å². The molecule has 3 N–H and O–H groups in total. The number of aliphatic hydroxyl groups excluding tert-OH is 1. The van der Waals surface area contributed by atoms with Crippen LogP contribution < -0.4 is 10.0 Å². The van der Waals surface area contributed by atoms with Crippen molar-refractivity contribution >= 4 is 15.9 Å². The van der Waals surface area contributed by atoms with Gasteiger partial charge < -0.3 is 10.4 Å². The molecule has 0 aromatic heterocycles. The van der Waals surface area contributed by atoms with E-state index in [0.29, 0.717) is 0 Å². The van der Waals surface area contributed by atoms with E-state index < -0.39 is 33.8 Å². The maximum absolute atomic E-state index is 12.5. The predicted molar refractivity (Wildman–Crippen MR) is 100 cm³/mol. The van der Waals surface area contributed by atoms with Crippen molar-refractivity contribution in [2.24, 2.45) is 0 Å². The highest BCUT2D eigenvalue weighted by atomic mass is 32.2. The second-order valence-electron chi connectivity index (χ2n) is 6.38. The summed E-state index contributed by atoms with van der Waals surface area (Å²) in [6.45, 7) is 1.98. The average molecular weight is 430 g/mol. The third-order valence-corrected chi connectivity index (χ3v) is 5.56. The van der Waals surface area contributed by atoms with Gasteiger partial charge in [0.05, 0.1) is 10.5 Å². The average Bonchev–Trinajstić information content (AvgIpc) is 2.66. The smallest absolute Gasteiger partial charge is 0.378 e. The first-order valence-electron chi connectivity index (χ1n) is 8.70. The summed E-state index contributed by atoms with van der Waals surface area (Å²) >= 11 is 0. The zero-order chi connectivity index (χ0) is 21.7. The first-order valence-corrected chi connectivity index (χ1v) is 10.2. The van der Waals surface area contributed by atoms with Crippen LogP contribution in [0.25, 0.3) is 0 Å². The molecule has 10 heteroatoms. The molecule has 0 saturated carbocycles. The molecule has 6 nitrogen and oxygen atoms in total. The number of hydrogen-bond donors (Lipinski definition) is 3.